The van der Waals surface area contributed by atoms with Crippen LogP contribution in [0.25, 0.3) is 11.3 Å². The van der Waals surface area contributed by atoms with Crippen molar-refractivity contribution in [3.63, 3.8) is 0 Å². The fourth-order valence-electron chi connectivity index (χ4n) is 1.49. The Morgan fingerprint density at radius 3 is 2.28 bits per heavy atom. The molecular weight excluding hydrogens is 241 g/mol. The lowest BCUT2D eigenvalue weighted by Gasteiger charge is -2.07. The van der Waals surface area contributed by atoms with Gasteiger partial charge in [-0.05, 0) is 24.3 Å². The van der Waals surface area contributed by atoms with E-state index in [4.69, 9.17) is 5.26 Å². The SMILES string of the molecule is N#Cc1ccnc(-c2ccc(C(F)(F)F)cc2)c1. The maximum atomic E-state index is 12.4. The first-order chi connectivity index (χ1) is 8.50. The Labute approximate surface area is 101 Å². The van der Waals surface area contributed by atoms with E-state index < -0.39 is 11.7 Å². The minimum Gasteiger partial charge on any atom is -0.256 e. The molecule has 1 aromatic heterocycles. The molecule has 18 heavy (non-hydrogen) atoms. The number of nitriles is 1. The average Bonchev–Trinajstić information content (AvgIpc) is 2.38. The monoisotopic (exact) mass is 248 g/mol. The Morgan fingerprint density at radius 1 is 1.06 bits per heavy atom. The number of hydrogen-bond donors (Lipinski definition) is 0. The van der Waals surface area contributed by atoms with Crippen molar-refractivity contribution in [2.45, 2.75) is 6.18 Å². The molecule has 0 bridgehead atoms. The molecule has 0 saturated carbocycles. The van der Waals surface area contributed by atoms with Crippen LogP contribution in [0, 0.1) is 11.3 Å². The standard InChI is InChI=1S/C13H7F3N2/c14-13(15,16)11-3-1-10(2-4-11)12-7-9(8-17)5-6-18-12/h1-7H. The van der Waals surface area contributed by atoms with Crippen LogP contribution in [0.3, 0.4) is 0 Å². The first kappa shape index (κ1) is 12.1. The van der Waals surface area contributed by atoms with E-state index in [1.165, 1.54) is 30.5 Å². The Kier molecular flexibility index (Phi) is 3.02. The van der Waals surface area contributed by atoms with Crippen molar-refractivity contribution in [2.75, 3.05) is 0 Å². The van der Waals surface area contributed by atoms with Gasteiger partial charge in [0, 0.05) is 11.8 Å². The molecule has 0 atom stereocenters. The second kappa shape index (κ2) is 4.49. The van der Waals surface area contributed by atoms with Crippen molar-refractivity contribution in [2.24, 2.45) is 0 Å². The normalized spacial score (nSPS) is 11.0. The molecule has 0 spiro atoms. The number of nitrogens with zero attached hydrogens (tertiary/aromatic N) is 2. The maximum absolute atomic E-state index is 12.4. The third-order valence-corrected chi connectivity index (χ3v) is 2.40. The highest BCUT2D eigenvalue weighted by Gasteiger charge is 2.29. The Morgan fingerprint density at radius 2 is 1.72 bits per heavy atom. The second-order valence-electron chi connectivity index (χ2n) is 3.62. The molecule has 0 fully saturated rings. The summed E-state index contributed by atoms with van der Waals surface area (Å²) >= 11 is 0. The number of rotatable bonds is 1. The van der Waals surface area contributed by atoms with Crippen molar-refractivity contribution in [1.29, 1.82) is 5.26 Å². The van der Waals surface area contributed by atoms with Crippen LogP contribution < -0.4 is 0 Å². The molecule has 2 aromatic rings. The van der Waals surface area contributed by atoms with E-state index in [9.17, 15) is 13.2 Å². The first-order valence-electron chi connectivity index (χ1n) is 5.04. The molecule has 1 aromatic carbocycles. The molecule has 0 aliphatic rings. The smallest absolute Gasteiger partial charge is 0.256 e. The molecular formula is C13H7F3N2. The highest BCUT2D eigenvalue weighted by Crippen LogP contribution is 2.30. The van der Waals surface area contributed by atoms with Gasteiger partial charge in [-0.2, -0.15) is 18.4 Å². The van der Waals surface area contributed by atoms with Crippen LogP contribution in [0.1, 0.15) is 11.1 Å². The van der Waals surface area contributed by atoms with Crippen molar-refractivity contribution in [3.8, 4) is 17.3 Å². The number of alkyl halides is 3. The van der Waals surface area contributed by atoms with E-state index in [0.717, 1.165) is 12.1 Å². The van der Waals surface area contributed by atoms with E-state index in [1.807, 2.05) is 6.07 Å². The lowest BCUT2D eigenvalue weighted by molar-refractivity contribution is -0.137. The van der Waals surface area contributed by atoms with E-state index in [0.29, 0.717) is 16.8 Å². The van der Waals surface area contributed by atoms with Gasteiger partial charge in [0.2, 0.25) is 0 Å². The zero-order chi connectivity index (χ0) is 13.2. The Balaban J connectivity index is 2.38. The summed E-state index contributed by atoms with van der Waals surface area (Å²) in [4.78, 5) is 4.02. The third-order valence-electron chi connectivity index (χ3n) is 2.40. The summed E-state index contributed by atoms with van der Waals surface area (Å²) in [6.07, 6.45) is -2.90. The van der Waals surface area contributed by atoms with Crippen LogP contribution in [0.2, 0.25) is 0 Å². The fourth-order valence-corrected chi connectivity index (χ4v) is 1.49. The van der Waals surface area contributed by atoms with Gasteiger partial charge in [0.05, 0.1) is 22.9 Å². The number of pyridine rings is 1. The van der Waals surface area contributed by atoms with Gasteiger partial charge in [-0.25, -0.2) is 0 Å². The summed E-state index contributed by atoms with van der Waals surface area (Å²) in [5.74, 6) is 0. The summed E-state index contributed by atoms with van der Waals surface area (Å²) in [6.45, 7) is 0. The van der Waals surface area contributed by atoms with Crippen LogP contribution in [0.15, 0.2) is 42.6 Å². The zero-order valence-corrected chi connectivity index (χ0v) is 9.07. The quantitative estimate of drug-likeness (QED) is 0.772. The van der Waals surface area contributed by atoms with E-state index in [2.05, 4.69) is 4.98 Å². The van der Waals surface area contributed by atoms with E-state index >= 15 is 0 Å². The molecule has 0 amide bonds. The van der Waals surface area contributed by atoms with Gasteiger partial charge >= 0.3 is 6.18 Å². The lowest BCUT2D eigenvalue weighted by atomic mass is 10.1. The minimum atomic E-state index is -4.35. The Hall–Kier alpha value is -2.35. The summed E-state index contributed by atoms with van der Waals surface area (Å²) < 4.78 is 37.1. The van der Waals surface area contributed by atoms with Crippen molar-refractivity contribution >= 4 is 0 Å². The molecule has 2 rings (SSSR count). The lowest BCUT2D eigenvalue weighted by Crippen LogP contribution is -2.04. The van der Waals surface area contributed by atoms with Crippen molar-refractivity contribution < 1.29 is 13.2 Å². The Bertz CT molecular complexity index is 595. The molecule has 0 N–H and O–H groups in total. The number of halogens is 3. The average molecular weight is 248 g/mol. The van der Waals surface area contributed by atoms with Crippen LogP contribution >= 0.6 is 0 Å². The maximum Gasteiger partial charge on any atom is 0.416 e. The predicted molar refractivity (Wildman–Crippen MR) is 59.4 cm³/mol. The van der Waals surface area contributed by atoms with E-state index in [-0.39, 0.29) is 0 Å². The predicted octanol–water partition coefficient (Wildman–Crippen LogP) is 3.64. The largest absolute Gasteiger partial charge is 0.416 e. The van der Waals surface area contributed by atoms with Gasteiger partial charge in [0.15, 0.2) is 0 Å². The number of hydrogen-bond acceptors (Lipinski definition) is 2. The highest BCUT2D eigenvalue weighted by molar-refractivity contribution is 5.61. The van der Waals surface area contributed by atoms with Gasteiger partial charge in [-0.1, -0.05) is 12.1 Å². The zero-order valence-electron chi connectivity index (χ0n) is 9.07. The minimum absolute atomic E-state index is 0.417. The van der Waals surface area contributed by atoms with Crippen LogP contribution in [-0.2, 0) is 6.18 Å². The van der Waals surface area contributed by atoms with Crippen LogP contribution in [0.5, 0.6) is 0 Å². The summed E-state index contributed by atoms with van der Waals surface area (Å²) in [5.41, 5.74) is 0.727. The topological polar surface area (TPSA) is 36.7 Å². The molecule has 0 saturated heterocycles. The second-order valence-corrected chi connectivity index (χ2v) is 3.62. The number of benzene rings is 1. The van der Waals surface area contributed by atoms with Crippen molar-refractivity contribution in [3.05, 3.63) is 53.7 Å². The van der Waals surface area contributed by atoms with E-state index in [1.54, 1.807) is 0 Å². The van der Waals surface area contributed by atoms with Gasteiger partial charge in [0.25, 0.3) is 0 Å². The molecule has 0 aliphatic heterocycles. The summed E-state index contributed by atoms with van der Waals surface area (Å²) in [5, 5.41) is 8.73. The third kappa shape index (κ3) is 2.48. The molecule has 90 valence electrons. The van der Waals surface area contributed by atoms with Gasteiger partial charge in [-0.15, -0.1) is 0 Å². The molecule has 0 unspecified atom stereocenters. The number of aromatic nitrogens is 1. The molecule has 0 radical (unpaired) electrons. The summed E-state index contributed by atoms with van der Waals surface area (Å²) in [6, 6.07) is 9.69. The molecule has 1 heterocycles. The van der Waals surface area contributed by atoms with Gasteiger partial charge < -0.3 is 0 Å². The van der Waals surface area contributed by atoms with Crippen LogP contribution in [-0.4, -0.2) is 4.98 Å². The molecule has 2 nitrogen and oxygen atoms in total. The van der Waals surface area contributed by atoms with Crippen LogP contribution in [0.4, 0.5) is 13.2 Å². The van der Waals surface area contributed by atoms with Gasteiger partial charge in [0.1, 0.15) is 0 Å². The van der Waals surface area contributed by atoms with Crippen molar-refractivity contribution in [1.82, 2.24) is 4.98 Å². The van der Waals surface area contributed by atoms with Gasteiger partial charge in [-0.3, -0.25) is 4.98 Å². The molecule has 0 aliphatic carbocycles. The first-order valence-corrected chi connectivity index (χ1v) is 5.04. The molecule has 5 heteroatoms. The highest BCUT2D eigenvalue weighted by atomic mass is 19.4. The summed E-state index contributed by atoms with van der Waals surface area (Å²) in [7, 11) is 0. The fraction of sp³-hybridized carbons (Fsp3) is 0.0769.